The van der Waals surface area contributed by atoms with Crippen LogP contribution in [0.1, 0.15) is 60.1 Å². The molecular formula is C27H27N3O3. The Morgan fingerprint density at radius 3 is 2.42 bits per heavy atom. The van der Waals surface area contributed by atoms with Crippen molar-refractivity contribution in [2.75, 3.05) is 13.1 Å². The molecule has 6 heteroatoms. The second-order valence-electron chi connectivity index (χ2n) is 9.22. The lowest BCUT2D eigenvalue weighted by Gasteiger charge is -2.45. The summed E-state index contributed by atoms with van der Waals surface area (Å²) >= 11 is 0. The van der Waals surface area contributed by atoms with Crippen LogP contribution in [0.3, 0.4) is 0 Å². The standard InChI is InChI=1S/C27H27N3O3/c1-18(2)25(31)19-7-9-20(10-8-19)26(32)29-15-13-27(14-16-29)24-12-11-21(17-28)30(24)22-5-3-4-6-23(22)33-27/h3-12,18,25,31H,13-16H2,1-2H3. The predicted octanol–water partition coefficient (Wildman–Crippen LogP) is 4.56. The summed E-state index contributed by atoms with van der Waals surface area (Å²) in [5.41, 5.74) is 3.31. The zero-order chi connectivity index (χ0) is 23.2. The van der Waals surface area contributed by atoms with E-state index in [4.69, 9.17) is 4.74 Å². The average Bonchev–Trinajstić information content (AvgIpc) is 3.29. The van der Waals surface area contributed by atoms with Gasteiger partial charge in [-0.05, 0) is 47.9 Å². The number of aromatic nitrogens is 1. The van der Waals surface area contributed by atoms with E-state index < -0.39 is 11.7 Å². The molecule has 168 valence electrons. The first-order valence-corrected chi connectivity index (χ1v) is 11.4. The maximum Gasteiger partial charge on any atom is 0.253 e. The highest BCUT2D eigenvalue weighted by atomic mass is 16.5. The fourth-order valence-electron chi connectivity index (χ4n) is 4.95. The molecule has 1 fully saturated rings. The van der Waals surface area contributed by atoms with Crippen molar-refractivity contribution in [3.8, 4) is 17.5 Å². The highest BCUT2D eigenvalue weighted by Gasteiger charge is 2.45. The van der Waals surface area contributed by atoms with Gasteiger partial charge in [-0.15, -0.1) is 0 Å². The molecule has 1 N–H and O–H groups in total. The van der Waals surface area contributed by atoms with Crippen LogP contribution in [0, 0.1) is 17.2 Å². The Bertz CT molecular complexity index is 1230. The fraction of sp³-hybridized carbons (Fsp3) is 0.333. The molecule has 0 bridgehead atoms. The van der Waals surface area contributed by atoms with E-state index in [1.165, 1.54) is 0 Å². The van der Waals surface area contributed by atoms with Gasteiger partial charge < -0.3 is 14.7 Å². The van der Waals surface area contributed by atoms with Gasteiger partial charge in [0.1, 0.15) is 17.5 Å². The maximum atomic E-state index is 13.2. The number of rotatable bonds is 3. The largest absolute Gasteiger partial charge is 0.479 e. The van der Waals surface area contributed by atoms with Gasteiger partial charge in [-0.1, -0.05) is 38.1 Å². The van der Waals surface area contributed by atoms with Crippen LogP contribution in [0.5, 0.6) is 5.75 Å². The summed E-state index contributed by atoms with van der Waals surface area (Å²) < 4.78 is 8.54. The summed E-state index contributed by atoms with van der Waals surface area (Å²) in [6.07, 6.45) is 0.753. The number of aliphatic hydroxyl groups is 1. The second-order valence-corrected chi connectivity index (χ2v) is 9.22. The minimum atomic E-state index is -0.564. The summed E-state index contributed by atoms with van der Waals surface area (Å²) in [6.45, 7) is 5.05. The van der Waals surface area contributed by atoms with E-state index in [1.54, 1.807) is 12.1 Å². The molecule has 0 radical (unpaired) electrons. The smallest absolute Gasteiger partial charge is 0.253 e. The molecule has 3 heterocycles. The molecule has 1 unspecified atom stereocenters. The van der Waals surface area contributed by atoms with Crippen LogP contribution in [0.2, 0.25) is 0 Å². The van der Waals surface area contributed by atoms with E-state index in [1.807, 2.05) is 71.8 Å². The Kier molecular flexibility index (Phi) is 5.22. The van der Waals surface area contributed by atoms with Crippen molar-refractivity contribution >= 4 is 5.91 Å². The molecule has 0 saturated carbocycles. The van der Waals surface area contributed by atoms with Gasteiger partial charge in [0.05, 0.1) is 17.5 Å². The number of hydrogen-bond donors (Lipinski definition) is 1. The first-order valence-electron chi connectivity index (χ1n) is 11.4. The van der Waals surface area contributed by atoms with Crippen molar-refractivity contribution in [3.63, 3.8) is 0 Å². The normalized spacial score (nSPS) is 17.1. The second kappa shape index (κ2) is 8.09. The Balaban J connectivity index is 1.37. The third-order valence-corrected chi connectivity index (χ3v) is 6.86. The van der Waals surface area contributed by atoms with Gasteiger partial charge in [-0.25, -0.2) is 0 Å². The Morgan fingerprint density at radius 1 is 1.06 bits per heavy atom. The molecule has 2 aliphatic rings. The topological polar surface area (TPSA) is 78.5 Å². The summed E-state index contributed by atoms with van der Waals surface area (Å²) in [4.78, 5) is 15.0. The number of aliphatic hydroxyl groups excluding tert-OH is 1. The zero-order valence-electron chi connectivity index (χ0n) is 18.9. The van der Waals surface area contributed by atoms with Crippen LogP contribution in [-0.4, -0.2) is 33.6 Å². The number of amides is 1. The van der Waals surface area contributed by atoms with Gasteiger partial charge in [0, 0.05) is 31.5 Å². The lowest BCUT2D eigenvalue weighted by Crippen LogP contribution is -2.50. The number of carbonyl (C=O) groups is 1. The van der Waals surface area contributed by atoms with Crippen LogP contribution in [-0.2, 0) is 5.60 Å². The molecule has 33 heavy (non-hydrogen) atoms. The predicted molar refractivity (Wildman–Crippen MR) is 124 cm³/mol. The summed E-state index contributed by atoms with van der Waals surface area (Å²) in [7, 11) is 0. The summed E-state index contributed by atoms with van der Waals surface area (Å²) in [5, 5.41) is 19.9. The third kappa shape index (κ3) is 3.49. The Hall–Kier alpha value is -3.56. The first kappa shape index (κ1) is 21.3. The molecule has 0 aliphatic carbocycles. The zero-order valence-corrected chi connectivity index (χ0v) is 18.9. The summed E-state index contributed by atoms with van der Waals surface area (Å²) in [6, 6.07) is 21.1. The molecule has 1 amide bonds. The molecular weight excluding hydrogens is 414 g/mol. The van der Waals surface area contributed by atoms with Crippen molar-refractivity contribution in [1.29, 1.82) is 5.26 Å². The SMILES string of the molecule is CC(C)C(O)c1ccc(C(=O)N2CCC3(CC2)Oc2ccccc2-n2c(C#N)ccc23)cc1. The molecule has 2 aromatic carbocycles. The number of ether oxygens (including phenoxy) is 1. The number of benzene rings is 2. The van der Waals surface area contributed by atoms with E-state index in [2.05, 4.69) is 6.07 Å². The fourth-order valence-corrected chi connectivity index (χ4v) is 4.95. The van der Waals surface area contributed by atoms with Crippen LogP contribution in [0.4, 0.5) is 0 Å². The third-order valence-electron chi connectivity index (χ3n) is 6.86. The number of nitrogens with zero attached hydrogens (tertiary/aromatic N) is 3. The van der Waals surface area contributed by atoms with E-state index >= 15 is 0 Å². The molecule has 3 aromatic rings. The van der Waals surface area contributed by atoms with Gasteiger partial charge in [-0.3, -0.25) is 9.36 Å². The molecule has 1 atom stereocenters. The molecule has 2 aliphatic heterocycles. The molecule has 1 saturated heterocycles. The highest BCUT2D eigenvalue weighted by molar-refractivity contribution is 5.94. The number of nitriles is 1. The lowest BCUT2D eigenvalue weighted by molar-refractivity contribution is -0.00937. The van der Waals surface area contributed by atoms with E-state index in [-0.39, 0.29) is 11.8 Å². The van der Waals surface area contributed by atoms with Crippen molar-refractivity contribution in [2.45, 2.75) is 38.4 Å². The monoisotopic (exact) mass is 441 g/mol. The maximum absolute atomic E-state index is 13.2. The molecule has 1 spiro atoms. The quantitative estimate of drug-likeness (QED) is 0.646. The number of fused-ring (bicyclic) bond motifs is 4. The number of piperidine rings is 1. The van der Waals surface area contributed by atoms with Gasteiger partial charge in [0.2, 0.25) is 0 Å². The molecule has 6 nitrogen and oxygen atoms in total. The van der Waals surface area contributed by atoms with Gasteiger partial charge >= 0.3 is 0 Å². The summed E-state index contributed by atoms with van der Waals surface area (Å²) in [5.74, 6) is 0.863. The Morgan fingerprint density at radius 2 is 1.76 bits per heavy atom. The van der Waals surface area contributed by atoms with Gasteiger partial charge in [-0.2, -0.15) is 5.26 Å². The minimum absolute atomic E-state index is 0.0141. The number of para-hydroxylation sites is 2. The van der Waals surface area contributed by atoms with Crippen molar-refractivity contribution in [2.24, 2.45) is 5.92 Å². The van der Waals surface area contributed by atoms with Gasteiger partial charge in [0.25, 0.3) is 5.91 Å². The number of likely N-dealkylation sites (tertiary alicyclic amines) is 1. The highest BCUT2D eigenvalue weighted by Crippen LogP contribution is 2.45. The first-order chi connectivity index (χ1) is 15.9. The number of hydrogen-bond acceptors (Lipinski definition) is 4. The van der Waals surface area contributed by atoms with E-state index in [0.717, 1.165) is 22.7 Å². The van der Waals surface area contributed by atoms with Crippen LogP contribution in [0.15, 0.2) is 60.7 Å². The number of carbonyl (C=O) groups excluding carboxylic acids is 1. The molecule has 5 rings (SSSR count). The van der Waals surface area contributed by atoms with Crippen LogP contribution < -0.4 is 4.74 Å². The van der Waals surface area contributed by atoms with E-state index in [0.29, 0.717) is 37.2 Å². The lowest BCUT2D eigenvalue weighted by atomic mass is 9.86. The molecule has 1 aromatic heterocycles. The van der Waals surface area contributed by atoms with Gasteiger partial charge in [0.15, 0.2) is 5.60 Å². The van der Waals surface area contributed by atoms with Crippen molar-refractivity contribution < 1.29 is 14.6 Å². The Labute approximate surface area is 193 Å². The van der Waals surface area contributed by atoms with Crippen molar-refractivity contribution in [1.82, 2.24) is 9.47 Å². The van der Waals surface area contributed by atoms with E-state index in [9.17, 15) is 15.2 Å². The van der Waals surface area contributed by atoms with Crippen molar-refractivity contribution in [3.05, 3.63) is 83.2 Å². The minimum Gasteiger partial charge on any atom is -0.479 e. The van der Waals surface area contributed by atoms with Crippen LogP contribution in [0.25, 0.3) is 5.69 Å². The average molecular weight is 442 g/mol. The van der Waals surface area contributed by atoms with Crippen LogP contribution >= 0.6 is 0 Å².